The van der Waals surface area contributed by atoms with Crippen LogP contribution in [0.4, 0.5) is 0 Å². The molecule has 0 saturated carbocycles. The molecule has 7 rings (SSSR count). The van der Waals surface area contributed by atoms with Crippen molar-refractivity contribution in [1.29, 1.82) is 0 Å². The maximum atomic E-state index is 13.9. The second-order valence-electron chi connectivity index (χ2n) is 13.7. The predicted molar refractivity (Wildman–Crippen MR) is 198 cm³/mol. The number of ether oxygens (including phenoxy) is 2. The van der Waals surface area contributed by atoms with E-state index in [1.54, 1.807) is 0 Å². The van der Waals surface area contributed by atoms with E-state index in [4.69, 9.17) is 13.9 Å². The number of hydrogen-bond acceptors (Lipinski definition) is 4. The van der Waals surface area contributed by atoms with Crippen molar-refractivity contribution in [2.45, 2.75) is 50.7 Å². The molecule has 5 aromatic carbocycles. The minimum atomic E-state index is -2.88. The fourth-order valence-electron chi connectivity index (χ4n) is 7.07. The molecule has 49 heavy (non-hydrogen) atoms. The number of hydrogen-bond donors (Lipinski definition) is 2. The van der Waals surface area contributed by atoms with Crippen LogP contribution in [-0.4, -0.2) is 31.9 Å². The number of aromatic amines is 1. The molecule has 0 radical (unpaired) electrons. The molecule has 6 aromatic rings. The normalized spacial score (nSPS) is 18.3. The maximum Gasteiger partial charge on any atom is 0.261 e. The number of morpholine rings is 1. The zero-order valence-electron chi connectivity index (χ0n) is 28.1. The number of amides is 1. The Kier molecular flexibility index (Phi) is 9.23. The largest absolute Gasteiger partial charge is 0.489 e. The molecule has 7 heteroatoms. The highest BCUT2D eigenvalue weighted by atomic mass is 28.4. The van der Waals surface area contributed by atoms with Crippen molar-refractivity contribution in [1.82, 2.24) is 10.3 Å². The molecular weight excluding hydrogens is 625 g/mol. The highest BCUT2D eigenvalue weighted by Gasteiger charge is 2.51. The summed E-state index contributed by atoms with van der Waals surface area (Å²) in [5.74, 6) is 0.584. The average Bonchev–Trinajstić information content (AvgIpc) is 3.56. The summed E-state index contributed by atoms with van der Waals surface area (Å²) < 4.78 is 20.3. The zero-order chi connectivity index (χ0) is 33.8. The summed E-state index contributed by atoms with van der Waals surface area (Å²) in [4.78, 5) is 17.3. The summed E-state index contributed by atoms with van der Waals surface area (Å²) >= 11 is 0. The summed E-state index contributed by atoms with van der Waals surface area (Å²) in [6.07, 6.45) is 0.614. The second kappa shape index (κ2) is 13.9. The van der Waals surface area contributed by atoms with Gasteiger partial charge in [0.25, 0.3) is 14.2 Å². The molecule has 6 nitrogen and oxygen atoms in total. The number of para-hydroxylation sites is 1. The first-order valence-corrected chi connectivity index (χ1v) is 18.8. The molecule has 0 spiro atoms. The smallest absolute Gasteiger partial charge is 0.261 e. The molecule has 248 valence electrons. The first-order chi connectivity index (χ1) is 23.8. The third-order valence-corrected chi connectivity index (χ3v) is 14.5. The summed E-state index contributed by atoms with van der Waals surface area (Å²) in [6.45, 7) is 7.53. The summed E-state index contributed by atoms with van der Waals surface area (Å²) in [6, 6.07) is 46.8. The number of carbonyl (C=O) groups excluding carboxylic acids is 1. The van der Waals surface area contributed by atoms with Crippen molar-refractivity contribution in [3.8, 4) is 5.75 Å². The van der Waals surface area contributed by atoms with Gasteiger partial charge in [-0.25, -0.2) is 0 Å². The Morgan fingerprint density at radius 3 is 1.96 bits per heavy atom. The molecule has 1 aromatic heterocycles. The number of H-pyrrole nitrogens is 1. The predicted octanol–water partition coefficient (Wildman–Crippen LogP) is 7.62. The molecule has 0 unspecified atom stereocenters. The molecule has 3 atom stereocenters. The Balaban J connectivity index is 1.23. The summed E-state index contributed by atoms with van der Waals surface area (Å²) in [7, 11) is -2.88. The van der Waals surface area contributed by atoms with E-state index in [9.17, 15) is 4.79 Å². The zero-order valence-corrected chi connectivity index (χ0v) is 29.1. The first kappa shape index (κ1) is 32.6. The topological polar surface area (TPSA) is 72.6 Å². The van der Waals surface area contributed by atoms with Gasteiger partial charge in [0.05, 0.1) is 12.6 Å². The Hall–Kier alpha value is -4.95. The van der Waals surface area contributed by atoms with E-state index in [0.29, 0.717) is 6.61 Å². The average molecular weight is 667 g/mol. The lowest BCUT2D eigenvalue weighted by molar-refractivity contribution is -0.152. The number of rotatable bonds is 10. The number of benzene rings is 5. The van der Waals surface area contributed by atoms with Crippen LogP contribution in [-0.2, 0) is 20.6 Å². The van der Waals surface area contributed by atoms with Crippen molar-refractivity contribution in [2.24, 2.45) is 0 Å². The molecule has 2 N–H and O–H groups in total. The van der Waals surface area contributed by atoms with Gasteiger partial charge in [-0.3, -0.25) is 4.79 Å². The van der Waals surface area contributed by atoms with Crippen molar-refractivity contribution in [2.75, 3.05) is 6.61 Å². The molecule has 1 amide bonds. The van der Waals surface area contributed by atoms with E-state index in [0.717, 1.165) is 33.3 Å². The third-order valence-electron chi connectivity index (χ3n) is 9.47. The minimum Gasteiger partial charge on any atom is -0.489 e. The van der Waals surface area contributed by atoms with E-state index in [-0.39, 0.29) is 17.6 Å². The molecule has 2 heterocycles. The van der Waals surface area contributed by atoms with Crippen molar-refractivity contribution in [3.05, 3.63) is 162 Å². The Labute approximate surface area is 289 Å². The van der Waals surface area contributed by atoms with Crippen LogP contribution >= 0.6 is 0 Å². The minimum absolute atomic E-state index is 0.181. The number of nitrogens with one attached hydrogen (secondary N) is 2. The van der Waals surface area contributed by atoms with E-state index >= 15 is 0 Å². The lowest BCUT2D eigenvalue weighted by Crippen LogP contribution is -2.68. The molecule has 1 fully saturated rings. The van der Waals surface area contributed by atoms with Crippen LogP contribution in [0, 0.1) is 0 Å². The molecule has 0 aliphatic carbocycles. The fraction of sp³-hybridized carbons (Fsp3) is 0.214. The van der Waals surface area contributed by atoms with Crippen LogP contribution in [0.3, 0.4) is 0 Å². The van der Waals surface area contributed by atoms with Crippen LogP contribution in [0.15, 0.2) is 146 Å². The monoisotopic (exact) mass is 666 g/mol. The number of carbonyl (C=O) groups is 1. The van der Waals surface area contributed by atoms with Crippen molar-refractivity contribution < 1.29 is 18.7 Å². The van der Waals surface area contributed by atoms with Gasteiger partial charge < -0.3 is 24.2 Å². The van der Waals surface area contributed by atoms with Gasteiger partial charge in [-0.2, -0.15) is 0 Å². The number of aromatic nitrogens is 1. The van der Waals surface area contributed by atoms with Gasteiger partial charge in [0.15, 0.2) is 6.10 Å². The van der Waals surface area contributed by atoms with Gasteiger partial charge in [0.1, 0.15) is 18.5 Å². The van der Waals surface area contributed by atoms with E-state index in [1.807, 2.05) is 97.2 Å². The van der Waals surface area contributed by atoms with Crippen LogP contribution in [0.25, 0.3) is 10.9 Å². The van der Waals surface area contributed by atoms with Crippen LogP contribution in [0.2, 0.25) is 5.04 Å². The Morgan fingerprint density at radius 2 is 1.33 bits per heavy atom. The van der Waals surface area contributed by atoms with Gasteiger partial charge in [-0.1, -0.05) is 142 Å². The molecule has 1 aliphatic rings. The summed E-state index contributed by atoms with van der Waals surface area (Å²) in [5.41, 5.74) is 3.81. The highest BCUT2D eigenvalue weighted by molar-refractivity contribution is 6.99. The van der Waals surface area contributed by atoms with E-state index in [1.165, 1.54) is 10.4 Å². The van der Waals surface area contributed by atoms with Gasteiger partial charge in [0.2, 0.25) is 0 Å². The van der Waals surface area contributed by atoms with Crippen LogP contribution in [0.5, 0.6) is 5.75 Å². The van der Waals surface area contributed by atoms with Gasteiger partial charge >= 0.3 is 0 Å². The lowest BCUT2D eigenvalue weighted by atomic mass is 9.97. The first-order valence-electron chi connectivity index (χ1n) is 16.9. The Bertz CT molecular complexity index is 1950. The fourth-order valence-corrected chi connectivity index (χ4v) is 11.7. The van der Waals surface area contributed by atoms with Gasteiger partial charge in [-0.15, -0.1) is 0 Å². The SMILES string of the molecule is CC(C)(C)[Si](OC[C@H]1NC(=O)[C@@H](c2c[nH]c3ccccc23)O[C@@H]1c1ccc(OCc2ccccc2)cc1)(c1ccccc1)c1ccccc1. The molecule has 1 saturated heterocycles. The van der Waals surface area contributed by atoms with Crippen molar-refractivity contribution in [3.63, 3.8) is 0 Å². The molecule has 0 bridgehead atoms. The van der Waals surface area contributed by atoms with E-state index in [2.05, 4.69) is 79.6 Å². The standard InChI is InChI=1S/C42H42N2O4Si/c1-42(2,3)49(33-17-9-5-10-18-33,34-19-11-6-12-20-34)47-29-38-39(31-23-25-32(26-24-31)46-28-30-15-7-4-8-16-30)48-40(41(45)44-38)36-27-43-37-22-14-13-21-35(36)37/h4-27,38-40,43H,28-29H2,1-3H3,(H,44,45)/t38-,39-,40-/m1/s1. The van der Waals surface area contributed by atoms with Gasteiger partial charge in [0, 0.05) is 22.7 Å². The Morgan fingerprint density at radius 1 is 0.735 bits per heavy atom. The van der Waals surface area contributed by atoms with Crippen LogP contribution < -0.4 is 20.4 Å². The van der Waals surface area contributed by atoms with Gasteiger partial charge in [-0.05, 0) is 44.7 Å². The second-order valence-corrected chi connectivity index (χ2v) is 18.0. The molecule has 1 aliphatic heterocycles. The lowest BCUT2D eigenvalue weighted by Gasteiger charge is -2.45. The molecular formula is C42H42N2O4Si. The third kappa shape index (κ3) is 6.57. The quantitative estimate of drug-likeness (QED) is 0.148. The highest BCUT2D eigenvalue weighted by Crippen LogP contribution is 2.40. The van der Waals surface area contributed by atoms with E-state index < -0.39 is 26.6 Å². The summed E-state index contributed by atoms with van der Waals surface area (Å²) in [5, 5.41) is 6.47. The maximum absolute atomic E-state index is 13.9. The number of fused-ring (bicyclic) bond motifs is 1. The van der Waals surface area contributed by atoms with Crippen molar-refractivity contribution >= 4 is 35.5 Å². The van der Waals surface area contributed by atoms with Crippen LogP contribution in [0.1, 0.15) is 49.7 Å².